The number of fused-ring (bicyclic) bond motifs is 1. The lowest BCUT2D eigenvalue weighted by molar-refractivity contribution is -0.117. The maximum Gasteiger partial charge on any atom is 0.225 e. The van der Waals surface area contributed by atoms with Gasteiger partial charge in [-0.2, -0.15) is 0 Å². The van der Waals surface area contributed by atoms with Gasteiger partial charge in [-0.15, -0.1) is 0 Å². The van der Waals surface area contributed by atoms with E-state index in [0.717, 1.165) is 27.7 Å². The number of nitrogens with two attached hydrogens (primary N) is 1. The number of imidazole rings is 1. The molecule has 0 saturated carbocycles. The van der Waals surface area contributed by atoms with Crippen LogP contribution in [0, 0.1) is 6.92 Å². The fourth-order valence-corrected chi connectivity index (χ4v) is 3.97. The molecule has 32 heavy (non-hydrogen) atoms. The normalized spacial score (nSPS) is 13.2. The third kappa shape index (κ3) is 4.88. The summed E-state index contributed by atoms with van der Waals surface area (Å²) in [5.74, 6) is 0.0762. The summed E-state index contributed by atoms with van der Waals surface area (Å²) in [7, 11) is 0. The lowest BCUT2D eigenvalue weighted by atomic mass is 9.97. The summed E-state index contributed by atoms with van der Waals surface area (Å²) < 4.78 is 8.11. The fourth-order valence-electron chi connectivity index (χ4n) is 3.97. The van der Waals surface area contributed by atoms with Crippen molar-refractivity contribution >= 4 is 16.9 Å². The molecule has 0 radical (unpaired) electrons. The van der Waals surface area contributed by atoms with E-state index in [1.807, 2.05) is 77.4 Å². The van der Waals surface area contributed by atoms with Gasteiger partial charge in [0.15, 0.2) is 0 Å². The van der Waals surface area contributed by atoms with Crippen molar-refractivity contribution in [2.75, 3.05) is 6.61 Å². The molecular weight excluding hydrogens is 402 g/mol. The van der Waals surface area contributed by atoms with E-state index in [1.54, 1.807) is 0 Å². The first-order chi connectivity index (χ1) is 15.5. The Bertz CT molecular complexity index is 1200. The number of rotatable bonds is 9. The zero-order valence-corrected chi connectivity index (χ0v) is 18.0. The minimum atomic E-state index is -0.797. The van der Waals surface area contributed by atoms with Gasteiger partial charge in [0.25, 0.3) is 0 Å². The Labute approximate surface area is 187 Å². The minimum Gasteiger partial charge on any atom is -0.389 e. The number of primary amides is 1. The number of hydrogen-bond donors (Lipinski definition) is 2. The first-order valence-electron chi connectivity index (χ1n) is 10.7. The number of ether oxygens (including phenoxy) is 1. The first-order valence-corrected chi connectivity index (χ1v) is 10.7. The third-order valence-electron chi connectivity index (χ3n) is 5.49. The monoisotopic (exact) mass is 429 g/mol. The van der Waals surface area contributed by atoms with Crippen LogP contribution in [0.2, 0.25) is 0 Å². The first kappa shape index (κ1) is 21.7. The summed E-state index contributed by atoms with van der Waals surface area (Å²) in [5.41, 5.74) is 10.2. The fraction of sp³-hybridized carbons (Fsp3) is 0.231. The largest absolute Gasteiger partial charge is 0.389 e. The molecule has 0 saturated heterocycles. The molecule has 3 N–H and O–H groups in total. The van der Waals surface area contributed by atoms with Gasteiger partial charge in [0.2, 0.25) is 5.91 Å². The van der Waals surface area contributed by atoms with Crippen molar-refractivity contribution in [3.8, 4) is 0 Å². The molecule has 4 aromatic rings. The van der Waals surface area contributed by atoms with Crippen molar-refractivity contribution in [3.63, 3.8) is 0 Å². The van der Waals surface area contributed by atoms with E-state index in [-0.39, 0.29) is 25.7 Å². The van der Waals surface area contributed by atoms with Gasteiger partial charge >= 0.3 is 0 Å². The van der Waals surface area contributed by atoms with E-state index in [2.05, 4.69) is 18.0 Å². The molecule has 3 aromatic carbocycles. The van der Waals surface area contributed by atoms with Gasteiger partial charge in [0.05, 0.1) is 36.7 Å². The Balaban J connectivity index is 1.55. The van der Waals surface area contributed by atoms with Crippen LogP contribution >= 0.6 is 0 Å². The van der Waals surface area contributed by atoms with Gasteiger partial charge < -0.3 is 20.1 Å². The van der Waals surface area contributed by atoms with Crippen LogP contribution in [0.3, 0.4) is 0 Å². The number of benzene rings is 3. The van der Waals surface area contributed by atoms with Crippen molar-refractivity contribution in [3.05, 3.63) is 101 Å². The Morgan fingerprint density at radius 3 is 2.47 bits per heavy atom. The predicted molar refractivity (Wildman–Crippen MR) is 124 cm³/mol. The highest BCUT2D eigenvalue weighted by atomic mass is 16.5. The van der Waals surface area contributed by atoms with E-state index in [4.69, 9.17) is 10.5 Å². The number of amides is 1. The highest BCUT2D eigenvalue weighted by Crippen LogP contribution is 2.28. The summed E-state index contributed by atoms with van der Waals surface area (Å²) >= 11 is 0. The Morgan fingerprint density at radius 1 is 1.03 bits per heavy atom. The van der Waals surface area contributed by atoms with E-state index >= 15 is 0 Å². The molecule has 6 heteroatoms. The van der Waals surface area contributed by atoms with Gasteiger partial charge in [0.1, 0.15) is 11.9 Å². The summed E-state index contributed by atoms with van der Waals surface area (Å²) in [6.45, 7) is 2.42. The maximum absolute atomic E-state index is 11.5. The standard InChI is InChI=1S/C26H27N3O3/c1-18-9-5-6-12-21(18)26(19-10-3-2-4-11-19)32-17-20(30)16-29-23-14-8-7-13-22(23)28-25(29)15-24(27)31/h2-14,20,26,30H,15-17H2,1H3,(H2,27,31)/t20-,26-/m0/s1. The van der Waals surface area contributed by atoms with Gasteiger partial charge in [-0.3, -0.25) is 4.79 Å². The molecule has 0 aliphatic heterocycles. The maximum atomic E-state index is 11.5. The summed E-state index contributed by atoms with van der Waals surface area (Å²) in [5, 5.41) is 10.9. The van der Waals surface area contributed by atoms with Crippen LogP contribution in [-0.4, -0.2) is 33.3 Å². The second-order valence-corrected chi connectivity index (χ2v) is 7.90. The van der Waals surface area contributed by atoms with Crippen molar-refractivity contribution in [1.29, 1.82) is 0 Å². The van der Waals surface area contributed by atoms with Crippen LogP contribution in [0.15, 0.2) is 78.9 Å². The summed E-state index contributed by atoms with van der Waals surface area (Å²) in [4.78, 5) is 16.0. The van der Waals surface area contributed by atoms with Crippen LogP contribution in [0.25, 0.3) is 11.0 Å². The topological polar surface area (TPSA) is 90.4 Å². The number of carbonyl (C=O) groups excluding carboxylic acids is 1. The zero-order chi connectivity index (χ0) is 22.5. The van der Waals surface area contributed by atoms with E-state index in [9.17, 15) is 9.90 Å². The molecule has 0 aliphatic carbocycles. The van der Waals surface area contributed by atoms with Crippen LogP contribution in [-0.2, 0) is 22.5 Å². The van der Waals surface area contributed by atoms with Crippen molar-refractivity contribution in [1.82, 2.24) is 9.55 Å². The number of hydrogen-bond acceptors (Lipinski definition) is 4. The summed E-state index contributed by atoms with van der Waals surface area (Å²) in [6, 6.07) is 25.7. The molecule has 1 heterocycles. The van der Waals surface area contributed by atoms with Crippen LogP contribution in [0.1, 0.15) is 28.6 Å². The second-order valence-electron chi connectivity index (χ2n) is 7.90. The van der Waals surface area contributed by atoms with Gasteiger partial charge in [-0.1, -0.05) is 66.7 Å². The molecule has 6 nitrogen and oxygen atoms in total. The molecule has 0 bridgehead atoms. The molecule has 0 aliphatic rings. The molecular formula is C26H27N3O3. The summed E-state index contributed by atoms with van der Waals surface area (Å²) in [6.07, 6.45) is -1.08. The number of aromatic nitrogens is 2. The predicted octanol–water partition coefficient (Wildman–Crippen LogP) is 3.54. The molecule has 0 spiro atoms. The SMILES string of the molecule is Cc1ccccc1[C@@H](OC[C@@H](O)Cn1c(CC(N)=O)nc2ccccc21)c1ccccc1. The van der Waals surface area contributed by atoms with Crippen LogP contribution in [0.4, 0.5) is 0 Å². The lowest BCUT2D eigenvalue weighted by Gasteiger charge is -2.23. The Hall–Kier alpha value is -3.48. The number of aliphatic hydroxyl groups is 1. The lowest BCUT2D eigenvalue weighted by Crippen LogP contribution is -2.26. The van der Waals surface area contributed by atoms with Crippen LogP contribution < -0.4 is 5.73 Å². The second kappa shape index (κ2) is 9.77. The number of para-hydroxylation sites is 2. The van der Waals surface area contributed by atoms with Crippen molar-refractivity contribution in [2.24, 2.45) is 5.73 Å². The average molecular weight is 430 g/mol. The molecule has 1 aromatic heterocycles. The number of aryl methyl sites for hydroxylation is 1. The highest BCUT2D eigenvalue weighted by molar-refractivity contribution is 5.80. The molecule has 0 fully saturated rings. The smallest absolute Gasteiger partial charge is 0.225 e. The number of carbonyl (C=O) groups is 1. The van der Waals surface area contributed by atoms with E-state index < -0.39 is 12.0 Å². The Kier molecular flexibility index (Phi) is 6.63. The van der Waals surface area contributed by atoms with Crippen molar-refractivity contribution in [2.45, 2.75) is 32.1 Å². The molecule has 164 valence electrons. The van der Waals surface area contributed by atoms with E-state index in [0.29, 0.717) is 5.82 Å². The quantitative estimate of drug-likeness (QED) is 0.426. The minimum absolute atomic E-state index is 0.0120. The third-order valence-corrected chi connectivity index (χ3v) is 5.49. The molecule has 1 amide bonds. The molecule has 0 unspecified atom stereocenters. The zero-order valence-electron chi connectivity index (χ0n) is 18.0. The van der Waals surface area contributed by atoms with E-state index in [1.165, 1.54) is 0 Å². The molecule has 4 rings (SSSR count). The van der Waals surface area contributed by atoms with Gasteiger partial charge in [-0.25, -0.2) is 4.98 Å². The van der Waals surface area contributed by atoms with Crippen molar-refractivity contribution < 1.29 is 14.6 Å². The number of aliphatic hydroxyl groups excluding tert-OH is 1. The van der Waals surface area contributed by atoms with Crippen LogP contribution in [0.5, 0.6) is 0 Å². The average Bonchev–Trinajstić information content (AvgIpc) is 3.12. The number of nitrogens with zero attached hydrogens (tertiary/aromatic N) is 2. The molecule has 2 atom stereocenters. The Morgan fingerprint density at radius 2 is 1.72 bits per heavy atom. The van der Waals surface area contributed by atoms with Gasteiger partial charge in [-0.05, 0) is 35.7 Å². The highest BCUT2D eigenvalue weighted by Gasteiger charge is 2.20. The van der Waals surface area contributed by atoms with Gasteiger partial charge in [0, 0.05) is 0 Å².